The van der Waals surface area contributed by atoms with Crippen molar-refractivity contribution in [1.82, 2.24) is 10.2 Å². The van der Waals surface area contributed by atoms with Crippen LogP contribution < -0.4 is 19.8 Å². The zero-order valence-corrected chi connectivity index (χ0v) is 20.0. The van der Waals surface area contributed by atoms with E-state index in [0.717, 1.165) is 12.8 Å². The predicted molar refractivity (Wildman–Crippen MR) is 129 cm³/mol. The van der Waals surface area contributed by atoms with Crippen molar-refractivity contribution >= 4 is 44.9 Å². The monoisotopic (exact) mass is 497 g/mol. The van der Waals surface area contributed by atoms with Gasteiger partial charge in [-0.2, -0.15) is 0 Å². The number of unbranched alkanes of at least 4 members (excludes halogenated alkanes) is 1. The van der Waals surface area contributed by atoms with Crippen LogP contribution in [0.4, 0.5) is 5.13 Å². The van der Waals surface area contributed by atoms with Crippen LogP contribution in [0.3, 0.4) is 0 Å². The molecule has 4 aromatic rings. The van der Waals surface area contributed by atoms with E-state index in [4.69, 9.17) is 25.5 Å². The number of hydrogen-bond acceptors (Lipinski definition) is 8. The van der Waals surface area contributed by atoms with Crippen LogP contribution >= 0.6 is 22.9 Å². The molecule has 10 heteroatoms. The quantitative estimate of drug-likeness (QED) is 0.322. The highest BCUT2D eigenvalue weighted by molar-refractivity contribution is 7.13. The number of aromatic nitrogens is 2. The van der Waals surface area contributed by atoms with Gasteiger partial charge in [0.1, 0.15) is 11.1 Å². The third kappa shape index (κ3) is 3.70. The molecule has 1 aliphatic heterocycles. The van der Waals surface area contributed by atoms with E-state index in [1.807, 2.05) is 6.07 Å². The molecule has 174 valence electrons. The second kappa shape index (κ2) is 9.08. The highest BCUT2D eigenvalue weighted by Gasteiger charge is 2.45. The zero-order valence-electron chi connectivity index (χ0n) is 18.4. The topological polar surface area (TPSA) is 94.8 Å². The lowest BCUT2D eigenvalue weighted by Gasteiger charge is -2.23. The van der Waals surface area contributed by atoms with Crippen LogP contribution in [0.25, 0.3) is 11.0 Å². The van der Waals surface area contributed by atoms with Crippen molar-refractivity contribution in [3.63, 3.8) is 0 Å². The fraction of sp³-hybridized carbons (Fsp3) is 0.250. The van der Waals surface area contributed by atoms with Crippen molar-refractivity contribution in [3.05, 3.63) is 74.0 Å². The Kier molecular flexibility index (Phi) is 5.97. The van der Waals surface area contributed by atoms with Crippen molar-refractivity contribution in [3.8, 4) is 11.5 Å². The van der Waals surface area contributed by atoms with Crippen LogP contribution in [0.15, 0.2) is 51.1 Å². The van der Waals surface area contributed by atoms with E-state index in [9.17, 15) is 9.59 Å². The predicted octanol–water partition coefficient (Wildman–Crippen LogP) is 5.24. The van der Waals surface area contributed by atoms with Gasteiger partial charge in [-0.1, -0.05) is 42.3 Å². The Morgan fingerprint density at radius 1 is 1.18 bits per heavy atom. The summed E-state index contributed by atoms with van der Waals surface area (Å²) in [6.45, 7) is 2.65. The number of carbonyl (C=O) groups is 1. The number of benzene rings is 2. The summed E-state index contributed by atoms with van der Waals surface area (Å²) in [7, 11) is 1.55. The van der Waals surface area contributed by atoms with Gasteiger partial charge in [0.05, 0.1) is 30.7 Å². The molecule has 2 aromatic carbocycles. The number of rotatable bonds is 7. The van der Waals surface area contributed by atoms with Crippen molar-refractivity contribution < 1.29 is 18.7 Å². The molecule has 0 saturated carbocycles. The molecular weight excluding hydrogens is 478 g/mol. The van der Waals surface area contributed by atoms with Crippen LogP contribution in [0.2, 0.25) is 5.02 Å². The first-order valence-corrected chi connectivity index (χ1v) is 12.0. The average molecular weight is 498 g/mol. The van der Waals surface area contributed by atoms with Gasteiger partial charge in [0, 0.05) is 5.02 Å². The second-order valence-corrected chi connectivity index (χ2v) is 8.97. The number of halogens is 1. The first-order chi connectivity index (χ1) is 16.5. The highest BCUT2D eigenvalue weighted by Crippen LogP contribution is 2.43. The Morgan fingerprint density at radius 2 is 2.03 bits per heavy atom. The Bertz CT molecular complexity index is 1440. The third-order valence-corrected chi connectivity index (χ3v) is 6.57. The molecule has 1 unspecified atom stereocenters. The molecule has 0 aliphatic carbocycles. The standard InChI is InChI=1S/C24H20ClN3O5S/c1-3-4-9-32-17-7-5-13(10-18(17)31-2)20-19-21(29)15-11-14(25)6-8-16(15)33-22(19)23(30)28(20)24-27-26-12-34-24/h5-8,10-12,20H,3-4,9H2,1-2H3. The number of carbonyl (C=O) groups excluding carboxylic acids is 1. The maximum absolute atomic E-state index is 13.6. The first kappa shape index (κ1) is 22.4. The van der Waals surface area contributed by atoms with Crippen LogP contribution in [0.1, 0.15) is 47.5 Å². The van der Waals surface area contributed by atoms with E-state index in [-0.39, 0.29) is 22.3 Å². The summed E-state index contributed by atoms with van der Waals surface area (Å²) < 4.78 is 17.3. The molecule has 8 nitrogen and oxygen atoms in total. The molecule has 0 bridgehead atoms. The summed E-state index contributed by atoms with van der Waals surface area (Å²) in [4.78, 5) is 28.5. The molecule has 0 N–H and O–H groups in total. The minimum atomic E-state index is -0.784. The van der Waals surface area contributed by atoms with E-state index in [1.54, 1.807) is 37.4 Å². The molecule has 3 heterocycles. The van der Waals surface area contributed by atoms with E-state index in [0.29, 0.717) is 39.2 Å². The number of fused-ring (bicyclic) bond motifs is 2. The molecule has 5 rings (SSSR count). The Morgan fingerprint density at radius 3 is 2.76 bits per heavy atom. The van der Waals surface area contributed by atoms with E-state index >= 15 is 0 Å². The van der Waals surface area contributed by atoms with Crippen molar-refractivity contribution in [2.45, 2.75) is 25.8 Å². The van der Waals surface area contributed by atoms with E-state index in [2.05, 4.69) is 17.1 Å². The molecule has 2 aromatic heterocycles. The van der Waals surface area contributed by atoms with Crippen molar-refractivity contribution in [1.29, 1.82) is 0 Å². The summed E-state index contributed by atoms with van der Waals surface area (Å²) in [5.41, 5.74) is 2.36. The van der Waals surface area contributed by atoms with Crippen molar-refractivity contribution in [2.24, 2.45) is 0 Å². The van der Waals surface area contributed by atoms with Gasteiger partial charge in [0.15, 0.2) is 16.9 Å². The number of methoxy groups -OCH3 is 1. The van der Waals surface area contributed by atoms with Gasteiger partial charge in [0.2, 0.25) is 10.9 Å². The maximum Gasteiger partial charge on any atom is 0.297 e. The summed E-state index contributed by atoms with van der Waals surface area (Å²) in [6.07, 6.45) is 1.92. The van der Waals surface area contributed by atoms with Crippen LogP contribution in [0.5, 0.6) is 11.5 Å². The fourth-order valence-electron chi connectivity index (χ4n) is 4.03. The van der Waals surface area contributed by atoms with Crippen LogP contribution in [-0.2, 0) is 0 Å². The average Bonchev–Trinajstić information content (AvgIpc) is 3.46. The molecular formula is C24H20ClN3O5S. The number of hydrogen-bond donors (Lipinski definition) is 0. The summed E-state index contributed by atoms with van der Waals surface area (Å²) >= 11 is 7.33. The molecule has 34 heavy (non-hydrogen) atoms. The largest absolute Gasteiger partial charge is 0.493 e. The molecule has 1 aliphatic rings. The molecule has 1 atom stereocenters. The van der Waals surface area contributed by atoms with Crippen molar-refractivity contribution in [2.75, 3.05) is 18.6 Å². The lowest BCUT2D eigenvalue weighted by atomic mass is 9.98. The highest BCUT2D eigenvalue weighted by atomic mass is 35.5. The summed E-state index contributed by atoms with van der Waals surface area (Å²) in [6, 6.07) is 9.32. The fourth-order valence-corrected chi connectivity index (χ4v) is 4.79. The second-order valence-electron chi connectivity index (χ2n) is 7.73. The zero-order chi connectivity index (χ0) is 23.8. The molecule has 1 amide bonds. The Hall–Kier alpha value is -3.43. The number of amides is 1. The Labute approximate surface area is 203 Å². The SMILES string of the molecule is CCCCOc1ccc(C2c3c(oc4ccc(Cl)cc4c3=O)C(=O)N2c2nncs2)cc1OC. The van der Waals surface area contributed by atoms with Gasteiger partial charge in [-0.15, -0.1) is 10.2 Å². The van der Waals surface area contributed by atoms with Gasteiger partial charge in [-0.3, -0.25) is 14.5 Å². The summed E-state index contributed by atoms with van der Waals surface area (Å²) in [5, 5.41) is 9.01. The smallest absolute Gasteiger partial charge is 0.297 e. The number of ether oxygens (including phenoxy) is 2. The maximum atomic E-state index is 13.6. The normalized spacial score (nSPS) is 15.1. The van der Waals surface area contributed by atoms with Crippen LogP contribution in [-0.4, -0.2) is 29.8 Å². The van der Waals surface area contributed by atoms with Gasteiger partial charge in [0.25, 0.3) is 5.91 Å². The lowest BCUT2D eigenvalue weighted by Crippen LogP contribution is -2.29. The molecule has 0 radical (unpaired) electrons. The summed E-state index contributed by atoms with van der Waals surface area (Å²) in [5.74, 6) is 0.596. The lowest BCUT2D eigenvalue weighted by molar-refractivity contribution is 0.0970. The third-order valence-electron chi connectivity index (χ3n) is 5.65. The number of nitrogens with zero attached hydrogens (tertiary/aromatic N) is 3. The van der Waals surface area contributed by atoms with E-state index < -0.39 is 11.9 Å². The minimum Gasteiger partial charge on any atom is -0.493 e. The van der Waals surface area contributed by atoms with Crippen LogP contribution in [0, 0.1) is 0 Å². The molecule has 0 saturated heterocycles. The minimum absolute atomic E-state index is 0.0257. The first-order valence-electron chi connectivity index (χ1n) is 10.7. The molecule has 0 spiro atoms. The molecule has 0 fully saturated rings. The van der Waals surface area contributed by atoms with Gasteiger partial charge < -0.3 is 13.9 Å². The van der Waals surface area contributed by atoms with Gasteiger partial charge >= 0.3 is 0 Å². The van der Waals surface area contributed by atoms with E-state index in [1.165, 1.54) is 21.7 Å². The number of anilines is 1. The van der Waals surface area contributed by atoms with Gasteiger partial charge in [-0.25, -0.2) is 0 Å². The van der Waals surface area contributed by atoms with Gasteiger partial charge in [-0.05, 0) is 42.3 Å². The Balaban J connectivity index is 1.70.